The smallest absolute Gasteiger partial charge is 0.316 e. The molecule has 46 heavy (non-hydrogen) atoms. The molecule has 1 aromatic rings. The molecule has 252 valence electrons. The van der Waals surface area contributed by atoms with Crippen molar-refractivity contribution in [3.63, 3.8) is 0 Å². The number of aliphatic hydroxyl groups is 1. The summed E-state index contributed by atoms with van der Waals surface area (Å²) in [4.78, 5) is 52.5. The van der Waals surface area contributed by atoms with Crippen LogP contribution in [0.2, 0.25) is 0 Å². The van der Waals surface area contributed by atoms with Crippen LogP contribution in [0, 0.1) is 34.0 Å². The van der Waals surface area contributed by atoms with Gasteiger partial charge in [-0.1, -0.05) is 45.9 Å². The molecule has 2 bridgehead atoms. The van der Waals surface area contributed by atoms with Crippen molar-refractivity contribution in [2.45, 2.75) is 102 Å². The number of carbonyl (C=O) groups excluding carboxylic acids is 4. The molecule has 2 amide bonds. The summed E-state index contributed by atoms with van der Waals surface area (Å²) in [5.74, 6) is -0.607. The summed E-state index contributed by atoms with van der Waals surface area (Å²) in [6.07, 6.45) is 5.81. The Morgan fingerprint density at radius 2 is 1.96 bits per heavy atom. The summed E-state index contributed by atoms with van der Waals surface area (Å²) in [6.45, 7) is 13.6. The zero-order chi connectivity index (χ0) is 33.3. The molecule has 1 aromatic carbocycles. The molecule has 0 radical (unpaired) electrons. The first-order valence-electron chi connectivity index (χ1n) is 16.9. The van der Waals surface area contributed by atoms with E-state index in [1.54, 1.807) is 0 Å². The van der Waals surface area contributed by atoms with E-state index in [4.69, 9.17) is 4.74 Å². The highest BCUT2D eigenvalue weighted by Crippen LogP contribution is 2.68. The molecule has 4 N–H and O–H groups in total. The molecule has 1 saturated heterocycles. The predicted octanol–water partition coefficient (Wildman–Crippen LogP) is 4.17. The summed E-state index contributed by atoms with van der Waals surface area (Å²) in [5, 5.41) is 20.4. The van der Waals surface area contributed by atoms with E-state index in [0.29, 0.717) is 19.4 Å². The average molecular weight is 654 g/mol. The van der Waals surface area contributed by atoms with E-state index in [2.05, 4.69) is 43.3 Å². The van der Waals surface area contributed by atoms with Crippen LogP contribution in [-0.2, 0) is 30.5 Å². The molecule has 4 unspecified atom stereocenters. The number of hydrogen-bond acceptors (Lipinski definition) is 8. The van der Waals surface area contributed by atoms with Crippen molar-refractivity contribution in [3.8, 4) is 0 Å². The monoisotopic (exact) mass is 653 g/mol. The number of esters is 1. The lowest BCUT2D eigenvalue weighted by Crippen LogP contribution is -2.63. The highest BCUT2D eigenvalue weighted by Gasteiger charge is 2.68. The third-order valence-corrected chi connectivity index (χ3v) is 13.1. The quantitative estimate of drug-likeness (QED) is 0.168. The van der Waals surface area contributed by atoms with Crippen LogP contribution in [-0.4, -0.2) is 65.8 Å². The number of aliphatic hydroxyl groups excluding tert-OH is 1. The topological polar surface area (TPSA) is 134 Å². The minimum Gasteiger partial charge on any atom is -0.461 e. The van der Waals surface area contributed by atoms with Crippen LogP contribution in [0.4, 0.5) is 0 Å². The van der Waals surface area contributed by atoms with Gasteiger partial charge in [-0.2, -0.15) is 0 Å². The fourth-order valence-corrected chi connectivity index (χ4v) is 9.81. The lowest BCUT2D eigenvalue weighted by molar-refractivity contribution is -0.205. The Labute approximate surface area is 277 Å². The Morgan fingerprint density at radius 3 is 2.67 bits per heavy atom. The summed E-state index contributed by atoms with van der Waals surface area (Å²) < 4.78 is 6.37. The fourth-order valence-electron chi connectivity index (χ4n) is 9.04. The SMILES string of the molecule is C=C[C@]1(C)C[C@@H](OC(=O)CSc2cccc(CNC(=O)CNC(=O)C3CCCN3)c2)[C@]2(C)C(C)CCC3(CCC(=O)C32)[C@@H](C)[C@@H]1O. The van der Waals surface area contributed by atoms with Gasteiger partial charge < -0.3 is 25.8 Å². The van der Waals surface area contributed by atoms with Crippen molar-refractivity contribution in [1.82, 2.24) is 16.0 Å². The van der Waals surface area contributed by atoms with Crippen LogP contribution in [0.5, 0.6) is 0 Å². The number of carbonyl (C=O) groups is 4. The summed E-state index contributed by atoms with van der Waals surface area (Å²) in [6, 6.07) is 7.39. The van der Waals surface area contributed by atoms with E-state index < -0.39 is 23.0 Å². The maximum atomic E-state index is 13.6. The van der Waals surface area contributed by atoms with Gasteiger partial charge in [0.1, 0.15) is 11.9 Å². The first kappa shape index (κ1) is 34.6. The summed E-state index contributed by atoms with van der Waals surface area (Å²) >= 11 is 1.36. The second kappa shape index (κ2) is 13.8. The van der Waals surface area contributed by atoms with Crippen LogP contribution in [0.3, 0.4) is 0 Å². The van der Waals surface area contributed by atoms with Gasteiger partial charge in [0.25, 0.3) is 0 Å². The zero-order valence-corrected chi connectivity index (χ0v) is 28.5. The molecule has 5 rings (SSSR count). The van der Waals surface area contributed by atoms with Crippen LogP contribution in [0.25, 0.3) is 0 Å². The molecule has 1 aliphatic heterocycles. The van der Waals surface area contributed by atoms with Crippen LogP contribution >= 0.6 is 11.8 Å². The van der Waals surface area contributed by atoms with Crippen molar-refractivity contribution < 1.29 is 29.0 Å². The molecule has 0 spiro atoms. The lowest BCUT2D eigenvalue weighted by atomic mass is 9.44. The van der Waals surface area contributed by atoms with E-state index >= 15 is 0 Å². The predicted molar refractivity (Wildman–Crippen MR) is 178 cm³/mol. The van der Waals surface area contributed by atoms with Gasteiger partial charge in [0, 0.05) is 34.6 Å². The molecule has 4 aliphatic rings. The van der Waals surface area contributed by atoms with E-state index in [-0.39, 0.29) is 65.1 Å². The maximum Gasteiger partial charge on any atom is 0.316 e. The second-order valence-corrected chi connectivity index (χ2v) is 15.7. The molecule has 3 aliphatic carbocycles. The van der Waals surface area contributed by atoms with Gasteiger partial charge in [0.15, 0.2) is 0 Å². The molecular formula is C36H51N3O6S. The van der Waals surface area contributed by atoms with Crippen LogP contribution in [0.15, 0.2) is 41.8 Å². The van der Waals surface area contributed by atoms with Gasteiger partial charge in [-0.3, -0.25) is 19.2 Å². The Kier molecular flexibility index (Phi) is 10.4. The number of amides is 2. The number of ether oxygens (including phenoxy) is 1. The van der Waals surface area contributed by atoms with E-state index in [1.165, 1.54) is 11.8 Å². The molecule has 9 atom stereocenters. The van der Waals surface area contributed by atoms with Crippen molar-refractivity contribution in [3.05, 3.63) is 42.5 Å². The number of rotatable bonds is 10. The number of benzene rings is 1. The normalized spacial score (nSPS) is 37.0. The van der Waals surface area contributed by atoms with Crippen molar-refractivity contribution in [2.75, 3.05) is 18.8 Å². The number of nitrogens with one attached hydrogen (secondary N) is 3. The molecule has 3 saturated carbocycles. The molecular weight excluding hydrogens is 602 g/mol. The number of ketones is 1. The molecule has 0 aromatic heterocycles. The molecule has 4 fully saturated rings. The van der Waals surface area contributed by atoms with Gasteiger partial charge in [-0.05, 0) is 80.0 Å². The minimum atomic E-state index is -0.698. The maximum absolute atomic E-state index is 13.6. The Bertz CT molecular complexity index is 1350. The first-order chi connectivity index (χ1) is 21.8. The molecule has 1 heterocycles. The Hall–Kier alpha value is -2.69. The Balaban J connectivity index is 1.22. The molecule has 9 nitrogen and oxygen atoms in total. The Morgan fingerprint density at radius 1 is 1.17 bits per heavy atom. The number of hydrogen-bond donors (Lipinski definition) is 4. The van der Waals surface area contributed by atoms with Crippen LogP contribution in [0.1, 0.15) is 78.2 Å². The van der Waals surface area contributed by atoms with Gasteiger partial charge >= 0.3 is 5.97 Å². The second-order valence-electron chi connectivity index (χ2n) is 14.6. The summed E-state index contributed by atoms with van der Waals surface area (Å²) in [5.41, 5.74) is -0.652. The number of Topliss-reactive ketones (excluding diaryl/α,β-unsaturated/α-hetero) is 1. The van der Waals surface area contributed by atoms with Gasteiger partial charge in [-0.15, -0.1) is 18.3 Å². The minimum absolute atomic E-state index is 0.0731. The van der Waals surface area contributed by atoms with Gasteiger partial charge in [-0.25, -0.2) is 0 Å². The largest absolute Gasteiger partial charge is 0.461 e. The average Bonchev–Trinajstić information content (AvgIpc) is 3.71. The van der Waals surface area contributed by atoms with Crippen LogP contribution < -0.4 is 16.0 Å². The van der Waals surface area contributed by atoms with E-state index in [9.17, 15) is 24.3 Å². The highest BCUT2D eigenvalue weighted by molar-refractivity contribution is 8.00. The standard InChI is InChI=1S/C36H51N3O6S/c1-6-34(4)18-28(35(5)22(2)12-14-36(23(3)32(34)43)15-13-27(40)31(35)36)45-30(42)21-46-25-10-7-9-24(17-25)19-38-29(41)20-39-33(44)26-11-8-16-37-26/h6-7,9-10,17,22-23,26,28,31-32,37,43H,1,8,11-16,18-21H2,2-5H3,(H,38,41)(H,39,44)/t22?,23-,26?,28+,31?,32-,34+,35-,36?/m0/s1. The van der Waals surface area contributed by atoms with E-state index in [1.807, 2.05) is 37.3 Å². The molecule has 10 heteroatoms. The third-order valence-electron chi connectivity index (χ3n) is 12.1. The van der Waals surface area contributed by atoms with E-state index in [0.717, 1.165) is 49.1 Å². The third kappa shape index (κ3) is 6.54. The van der Waals surface area contributed by atoms with Crippen molar-refractivity contribution in [1.29, 1.82) is 0 Å². The summed E-state index contributed by atoms with van der Waals surface area (Å²) in [7, 11) is 0. The first-order valence-corrected chi connectivity index (χ1v) is 17.9. The van der Waals surface area contributed by atoms with Crippen molar-refractivity contribution >= 4 is 35.3 Å². The number of thioether (sulfide) groups is 1. The highest BCUT2D eigenvalue weighted by atomic mass is 32.2. The fraction of sp³-hybridized carbons (Fsp3) is 0.667. The van der Waals surface area contributed by atoms with Gasteiger partial charge in [0.05, 0.1) is 24.4 Å². The zero-order valence-electron chi connectivity index (χ0n) is 27.7. The van der Waals surface area contributed by atoms with Gasteiger partial charge in [0.2, 0.25) is 11.8 Å². The van der Waals surface area contributed by atoms with Crippen molar-refractivity contribution in [2.24, 2.45) is 34.0 Å². The lowest BCUT2D eigenvalue weighted by Gasteiger charge is -2.61.